The number of benzene rings is 1. The third kappa shape index (κ3) is 6.71. The van der Waals surface area contributed by atoms with Crippen LogP contribution in [0.1, 0.15) is 77.3 Å². The Morgan fingerprint density at radius 1 is 1.08 bits per heavy atom. The van der Waals surface area contributed by atoms with Crippen LogP contribution in [0, 0.1) is 5.82 Å². The molecular weight excluding hydrogens is 651 g/mol. The molecule has 1 atom stereocenters. The number of amides is 3. The Balaban J connectivity index is 1.08. The lowest BCUT2D eigenvalue weighted by Gasteiger charge is -2.39. The van der Waals surface area contributed by atoms with Crippen LogP contribution in [0.5, 0.6) is 5.75 Å². The minimum Gasteiger partial charge on any atom is -0.485 e. The monoisotopic (exact) mass is 690 g/mol. The molecule has 4 aromatic rings. The van der Waals surface area contributed by atoms with Gasteiger partial charge in [-0.3, -0.25) is 9.59 Å². The number of hydrogen-bond donors (Lipinski definition) is 3. The number of piperidine rings is 1. The van der Waals surface area contributed by atoms with Gasteiger partial charge in [0.25, 0.3) is 11.8 Å². The Labute approximate surface area is 286 Å². The minimum absolute atomic E-state index is 0.177. The maximum absolute atomic E-state index is 14.8. The van der Waals surface area contributed by atoms with Crippen LogP contribution in [-0.2, 0) is 4.74 Å². The number of rotatable bonds is 8. The van der Waals surface area contributed by atoms with Crippen LogP contribution in [0.15, 0.2) is 36.7 Å². The molecule has 49 heavy (non-hydrogen) atoms. The number of carbonyl (C=O) groups excluding carboxylic acids is 3. The Hall–Kier alpha value is -4.92. The summed E-state index contributed by atoms with van der Waals surface area (Å²) in [5.74, 6) is -0.528. The van der Waals surface area contributed by atoms with Crippen molar-refractivity contribution >= 4 is 46.3 Å². The van der Waals surface area contributed by atoms with Gasteiger partial charge in [0.05, 0.1) is 30.0 Å². The molecular formula is C34H39FN8O5S. The van der Waals surface area contributed by atoms with E-state index in [9.17, 15) is 18.8 Å². The predicted octanol–water partition coefficient (Wildman–Crippen LogP) is 4.55. The summed E-state index contributed by atoms with van der Waals surface area (Å²) in [5, 5.41) is 7.64. The summed E-state index contributed by atoms with van der Waals surface area (Å²) in [7, 11) is 0. The van der Waals surface area contributed by atoms with Crippen LogP contribution < -0.4 is 26.4 Å². The first-order valence-electron chi connectivity index (χ1n) is 16.4. The van der Waals surface area contributed by atoms with Crippen LogP contribution in [-0.4, -0.2) is 81.3 Å². The zero-order valence-electron chi connectivity index (χ0n) is 27.6. The molecule has 0 spiro atoms. The number of nitrogens with one attached hydrogen (secondary N) is 1. The highest BCUT2D eigenvalue weighted by Gasteiger charge is 2.37. The van der Waals surface area contributed by atoms with Crippen LogP contribution >= 0.6 is 11.3 Å². The van der Waals surface area contributed by atoms with Gasteiger partial charge in [0.2, 0.25) is 0 Å². The molecule has 3 fully saturated rings. The molecule has 2 saturated heterocycles. The Kier molecular flexibility index (Phi) is 8.33. The van der Waals surface area contributed by atoms with Gasteiger partial charge >= 0.3 is 6.09 Å². The maximum Gasteiger partial charge on any atom is 0.410 e. The first-order valence-corrected chi connectivity index (χ1v) is 17.2. The number of hydrogen-bond acceptors (Lipinski definition) is 10. The molecule has 3 aromatic heterocycles. The number of nitrogen functional groups attached to an aromatic ring is 1. The number of primary amides is 1. The van der Waals surface area contributed by atoms with Crippen LogP contribution in [0.2, 0.25) is 0 Å². The summed E-state index contributed by atoms with van der Waals surface area (Å²) in [6, 6.07) is 7.89. The fraction of sp³-hybridized carbons (Fsp3) is 0.441. The Bertz CT molecular complexity index is 1940. The van der Waals surface area contributed by atoms with Gasteiger partial charge in [-0.15, -0.1) is 11.3 Å². The Morgan fingerprint density at radius 3 is 2.55 bits per heavy atom. The second-order valence-electron chi connectivity index (χ2n) is 13.9. The zero-order valence-corrected chi connectivity index (χ0v) is 28.4. The van der Waals surface area contributed by atoms with Gasteiger partial charge in [0.1, 0.15) is 40.0 Å². The molecule has 1 aliphatic carbocycles. The quantitative estimate of drug-likeness (QED) is 0.240. The second kappa shape index (κ2) is 12.5. The van der Waals surface area contributed by atoms with E-state index in [1.165, 1.54) is 29.8 Å². The molecule has 258 valence electrons. The van der Waals surface area contributed by atoms with E-state index < -0.39 is 17.3 Å². The standard InChI is InChI=1S/C34H39FN8O5S/c1-34(2,3)48-33(46)42-15-21(16-42)47-26-13-27(18-6-7-18)49-29(26)32(45)40-20-5-4-10-41(14-20)25-12-24(43-28(25)30(36)38-17-39-43)19-8-9-22(31(37)44)23(35)11-19/h8-9,11-13,17-18,20-21H,4-7,10,14-16H2,1-3H3,(H2,37,44)(H,40,45)(H2,36,38,39)/t20-/m1/s1. The van der Waals surface area contributed by atoms with Crippen LogP contribution in [0.25, 0.3) is 16.8 Å². The number of carbonyl (C=O) groups is 3. The first kappa shape index (κ1) is 32.6. The van der Waals surface area contributed by atoms with E-state index in [4.69, 9.17) is 20.9 Å². The first-order chi connectivity index (χ1) is 23.3. The molecule has 13 nitrogen and oxygen atoms in total. The molecule has 0 unspecified atom stereocenters. The van der Waals surface area contributed by atoms with Gasteiger partial charge in [-0.25, -0.2) is 18.7 Å². The van der Waals surface area contributed by atoms with Crippen molar-refractivity contribution < 1.29 is 28.2 Å². The molecule has 1 aromatic carbocycles. The summed E-state index contributed by atoms with van der Waals surface area (Å²) in [5.41, 5.74) is 13.2. The van der Waals surface area contributed by atoms with Gasteiger partial charge in [-0.05, 0) is 76.6 Å². The average molecular weight is 691 g/mol. The van der Waals surface area contributed by atoms with Crippen molar-refractivity contribution in [2.45, 2.75) is 70.1 Å². The van der Waals surface area contributed by atoms with E-state index in [-0.39, 0.29) is 35.5 Å². The van der Waals surface area contributed by atoms with Crippen molar-refractivity contribution in [1.82, 2.24) is 24.8 Å². The van der Waals surface area contributed by atoms with Gasteiger partial charge < -0.3 is 36.1 Å². The summed E-state index contributed by atoms with van der Waals surface area (Å²) in [6.45, 7) is 7.48. The van der Waals surface area contributed by atoms with Crippen LogP contribution in [0.3, 0.4) is 0 Å². The number of halogens is 1. The lowest BCUT2D eigenvalue weighted by atomic mass is 10.0. The van der Waals surface area contributed by atoms with Gasteiger partial charge in [-0.2, -0.15) is 5.10 Å². The third-order valence-corrected chi connectivity index (χ3v) is 10.2. The van der Waals surface area contributed by atoms with E-state index in [0.717, 1.165) is 36.2 Å². The highest BCUT2D eigenvalue weighted by atomic mass is 32.1. The van der Waals surface area contributed by atoms with Crippen molar-refractivity contribution in [2.24, 2.45) is 5.73 Å². The van der Waals surface area contributed by atoms with Crippen molar-refractivity contribution in [3.63, 3.8) is 0 Å². The van der Waals surface area contributed by atoms with E-state index >= 15 is 0 Å². The molecule has 3 aliphatic rings. The molecule has 0 radical (unpaired) electrons. The SMILES string of the molecule is CC(C)(C)OC(=O)N1CC(Oc2cc(C3CC3)sc2C(=O)N[C@@H]2CCCN(c3cc(-c4ccc(C(N)=O)c(F)c4)n4ncnc(N)c34)C2)C1. The maximum atomic E-state index is 14.8. The van der Waals surface area contributed by atoms with Gasteiger partial charge in [-0.1, -0.05) is 6.07 Å². The number of fused-ring (bicyclic) bond motifs is 1. The summed E-state index contributed by atoms with van der Waals surface area (Å²) >= 11 is 1.47. The Morgan fingerprint density at radius 2 is 1.86 bits per heavy atom. The fourth-order valence-electron chi connectivity index (χ4n) is 6.31. The molecule has 5 heterocycles. The third-order valence-electron chi connectivity index (χ3n) is 8.89. The van der Waals surface area contributed by atoms with E-state index in [2.05, 4.69) is 20.3 Å². The number of likely N-dealkylation sites (tertiary alicyclic amines) is 1. The molecule has 0 bridgehead atoms. The number of ether oxygens (including phenoxy) is 2. The molecule has 15 heteroatoms. The zero-order chi connectivity index (χ0) is 34.6. The molecule has 7 rings (SSSR count). The van der Waals surface area contributed by atoms with Gasteiger partial charge in [0.15, 0.2) is 5.82 Å². The number of nitrogens with zero attached hydrogens (tertiary/aromatic N) is 5. The van der Waals surface area contributed by atoms with Crippen LogP contribution in [0.4, 0.5) is 20.7 Å². The summed E-state index contributed by atoms with van der Waals surface area (Å²) in [6.07, 6.45) is 4.50. The lowest BCUT2D eigenvalue weighted by molar-refractivity contribution is -0.0222. The van der Waals surface area contributed by atoms with Gasteiger partial charge in [0, 0.05) is 29.6 Å². The van der Waals surface area contributed by atoms with E-state index in [1.54, 1.807) is 15.5 Å². The summed E-state index contributed by atoms with van der Waals surface area (Å²) in [4.78, 5) is 47.4. The highest BCUT2D eigenvalue weighted by Crippen LogP contribution is 2.46. The number of thiophene rings is 1. The fourth-order valence-corrected chi connectivity index (χ4v) is 7.47. The molecule has 5 N–H and O–H groups in total. The topological polar surface area (TPSA) is 170 Å². The normalized spacial score (nSPS) is 18.3. The predicted molar refractivity (Wildman–Crippen MR) is 183 cm³/mol. The number of nitrogens with two attached hydrogens (primary N) is 2. The minimum atomic E-state index is -0.851. The molecule has 3 amide bonds. The van der Waals surface area contributed by atoms with Crippen molar-refractivity contribution in [3.8, 4) is 17.0 Å². The second-order valence-corrected chi connectivity index (χ2v) is 15.0. The van der Waals surface area contributed by atoms with E-state index in [1.807, 2.05) is 32.9 Å². The lowest BCUT2D eigenvalue weighted by Crippen LogP contribution is -2.57. The summed E-state index contributed by atoms with van der Waals surface area (Å²) < 4.78 is 28.1. The molecule has 2 aliphatic heterocycles. The average Bonchev–Trinajstić information content (AvgIpc) is 3.65. The highest BCUT2D eigenvalue weighted by molar-refractivity contribution is 7.14. The van der Waals surface area contributed by atoms with Crippen molar-refractivity contribution in [1.29, 1.82) is 0 Å². The number of anilines is 2. The van der Waals surface area contributed by atoms with Crippen molar-refractivity contribution in [3.05, 3.63) is 57.8 Å². The van der Waals surface area contributed by atoms with Crippen molar-refractivity contribution in [2.75, 3.05) is 36.8 Å². The number of aromatic nitrogens is 3. The smallest absolute Gasteiger partial charge is 0.410 e. The molecule has 1 saturated carbocycles. The van der Waals surface area contributed by atoms with E-state index in [0.29, 0.717) is 59.5 Å². The largest absolute Gasteiger partial charge is 0.485 e.